The maximum atomic E-state index is 12.9. The molecular weight excluding hydrogens is 889 g/mol. The fraction of sp³-hybridized carbons (Fsp3) is 0.712. The molecule has 0 spiro atoms. The number of esters is 3. The van der Waals surface area contributed by atoms with E-state index in [2.05, 4.69) is 118 Å². The average Bonchev–Trinajstić information content (AvgIpc) is 3.38. The lowest BCUT2D eigenvalue weighted by Crippen LogP contribution is -2.30. The summed E-state index contributed by atoms with van der Waals surface area (Å²) < 4.78 is 16.9. The Hall–Kier alpha value is -3.67. The van der Waals surface area contributed by atoms with Gasteiger partial charge >= 0.3 is 17.9 Å². The van der Waals surface area contributed by atoms with E-state index in [0.717, 1.165) is 103 Å². The molecule has 0 aromatic carbocycles. The highest BCUT2D eigenvalue weighted by Crippen LogP contribution is 2.15. The number of allylic oxidation sites excluding steroid dienone is 16. The van der Waals surface area contributed by atoms with Crippen molar-refractivity contribution >= 4 is 17.9 Å². The molecule has 0 aliphatic rings. The molecule has 0 aromatic heterocycles. The zero-order chi connectivity index (χ0) is 52.2. The predicted molar refractivity (Wildman–Crippen MR) is 311 cm³/mol. The molecule has 0 rings (SSSR count). The number of hydrogen-bond acceptors (Lipinski definition) is 6. The first kappa shape index (κ1) is 68.3. The Morgan fingerprint density at radius 3 is 0.889 bits per heavy atom. The Morgan fingerprint density at radius 1 is 0.292 bits per heavy atom. The minimum absolute atomic E-state index is 0.0963. The fourth-order valence-electron chi connectivity index (χ4n) is 8.26. The largest absolute Gasteiger partial charge is 0.462 e. The molecule has 412 valence electrons. The quantitative estimate of drug-likeness (QED) is 0.0261. The second kappa shape index (κ2) is 59.9. The lowest BCUT2D eigenvalue weighted by atomic mass is 10.1. The van der Waals surface area contributed by atoms with E-state index < -0.39 is 6.10 Å². The summed E-state index contributed by atoms with van der Waals surface area (Å²) in [6, 6.07) is 0. The molecule has 1 unspecified atom stereocenters. The highest BCUT2D eigenvalue weighted by Gasteiger charge is 2.19. The van der Waals surface area contributed by atoms with Crippen LogP contribution in [0.1, 0.15) is 284 Å². The smallest absolute Gasteiger partial charge is 0.306 e. The van der Waals surface area contributed by atoms with Crippen LogP contribution in [0.25, 0.3) is 0 Å². The first-order valence-electron chi connectivity index (χ1n) is 30.2. The molecular formula is C66H112O6. The van der Waals surface area contributed by atoms with Crippen molar-refractivity contribution in [2.24, 2.45) is 0 Å². The van der Waals surface area contributed by atoms with Crippen LogP contribution in [0.5, 0.6) is 0 Å². The predicted octanol–water partition coefficient (Wildman–Crippen LogP) is 20.5. The normalized spacial score (nSPS) is 12.8. The molecule has 0 heterocycles. The summed E-state index contributed by atoms with van der Waals surface area (Å²) >= 11 is 0. The zero-order valence-electron chi connectivity index (χ0n) is 47.2. The van der Waals surface area contributed by atoms with E-state index in [9.17, 15) is 14.4 Å². The van der Waals surface area contributed by atoms with Crippen LogP contribution in [-0.4, -0.2) is 37.2 Å². The van der Waals surface area contributed by atoms with Gasteiger partial charge in [-0.25, -0.2) is 0 Å². The van der Waals surface area contributed by atoms with E-state index in [4.69, 9.17) is 14.2 Å². The first-order valence-corrected chi connectivity index (χ1v) is 30.2. The summed E-state index contributed by atoms with van der Waals surface area (Å²) in [5.74, 6) is -0.945. The summed E-state index contributed by atoms with van der Waals surface area (Å²) in [6.07, 6.45) is 79.7. The minimum atomic E-state index is -0.801. The molecule has 0 bridgehead atoms. The molecule has 0 N–H and O–H groups in total. The van der Waals surface area contributed by atoms with Crippen molar-refractivity contribution in [2.75, 3.05) is 13.2 Å². The lowest BCUT2D eigenvalue weighted by molar-refractivity contribution is -0.167. The molecule has 0 aromatic rings. The van der Waals surface area contributed by atoms with Crippen LogP contribution in [0.2, 0.25) is 0 Å². The first-order chi connectivity index (χ1) is 35.5. The van der Waals surface area contributed by atoms with Gasteiger partial charge in [-0.3, -0.25) is 14.4 Å². The maximum Gasteiger partial charge on any atom is 0.306 e. The van der Waals surface area contributed by atoms with Gasteiger partial charge in [0.2, 0.25) is 0 Å². The third-order valence-corrected chi connectivity index (χ3v) is 12.8. The maximum absolute atomic E-state index is 12.9. The van der Waals surface area contributed by atoms with Crippen molar-refractivity contribution in [2.45, 2.75) is 290 Å². The highest BCUT2D eigenvalue weighted by molar-refractivity contribution is 5.71. The highest BCUT2D eigenvalue weighted by atomic mass is 16.6. The van der Waals surface area contributed by atoms with Gasteiger partial charge in [0.05, 0.1) is 0 Å². The Balaban J connectivity index is 4.46. The van der Waals surface area contributed by atoms with Gasteiger partial charge in [-0.1, -0.05) is 240 Å². The van der Waals surface area contributed by atoms with Gasteiger partial charge in [0.1, 0.15) is 13.2 Å². The van der Waals surface area contributed by atoms with Gasteiger partial charge in [0.15, 0.2) is 6.10 Å². The third-order valence-electron chi connectivity index (χ3n) is 12.8. The van der Waals surface area contributed by atoms with Gasteiger partial charge in [-0.15, -0.1) is 0 Å². The second-order valence-electron chi connectivity index (χ2n) is 19.9. The summed E-state index contributed by atoms with van der Waals surface area (Å²) in [4.78, 5) is 38.2. The van der Waals surface area contributed by atoms with Crippen LogP contribution in [-0.2, 0) is 28.6 Å². The van der Waals surface area contributed by atoms with Crippen LogP contribution in [0, 0.1) is 0 Å². The summed E-state index contributed by atoms with van der Waals surface area (Å²) in [5.41, 5.74) is 0. The number of unbranched alkanes of at least 4 members (excludes halogenated alkanes) is 27. The number of ether oxygens (including phenoxy) is 3. The van der Waals surface area contributed by atoms with E-state index in [-0.39, 0.29) is 31.1 Å². The van der Waals surface area contributed by atoms with E-state index in [1.165, 1.54) is 141 Å². The summed E-state index contributed by atoms with van der Waals surface area (Å²) in [6.45, 7) is 6.48. The molecule has 6 nitrogen and oxygen atoms in total. The molecule has 0 fully saturated rings. The van der Waals surface area contributed by atoms with Crippen molar-refractivity contribution in [3.8, 4) is 0 Å². The summed E-state index contributed by atoms with van der Waals surface area (Å²) in [7, 11) is 0. The van der Waals surface area contributed by atoms with Crippen molar-refractivity contribution < 1.29 is 28.6 Å². The molecule has 0 saturated heterocycles. The van der Waals surface area contributed by atoms with E-state index in [1.54, 1.807) is 0 Å². The number of hydrogen-bond donors (Lipinski definition) is 0. The second-order valence-corrected chi connectivity index (χ2v) is 19.9. The van der Waals surface area contributed by atoms with Crippen molar-refractivity contribution in [1.29, 1.82) is 0 Å². The van der Waals surface area contributed by atoms with Crippen molar-refractivity contribution in [3.63, 3.8) is 0 Å². The van der Waals surface area contributed by atoms with Crippen molar-refractivity contribution in [1.82, 2.24) is 0 Å². The Labute approximate surface area is 445 Å². The van der Waals surface area contributed by atoms with Gasteiger partial charge in [-0.05, 0) is 122 Å². The topological polar surface area (TPSA) is 78.9 Å². The molecule has 0 aliphatic carbocycles. The third kappa shape index (κ3) is 57.2. The van der Waals surface area contributed by atoms with Gasteiger partial charge in [0.25, 0.3) is 0 Å². The molecule has 1 atom stereocenters. The van der Waals surface area contributed by atoms with Crippen LogP contribution < -0.4 is 0 Å². The monoisotopic (exact) mass is 1000 g/mol. The van der Waals surface area contributed by atoms with E-state index in [0.29, 0.717) is 19.3 Å². The van der Waals surface area contributed by atoms with E-state index >= 15 is 0 Å². The SMILES string of the molecule is CC/C=C\C/C=C\C/C=C\C/C=C\C/C=C\C/C=C\CCCCC(=O)OCC(COC(=O)CCCCCCC/C=C\CCCCCCC)OC(=O)CCCCCCCCCCC/C=C\CCCCCCCC. The Bertz CT molecular complexity index is 1430. The molecule has 6 heteroatoms. The van der Waals surface area contributed by atoms with Crippen molar-refractivity contribution in [3.05, 3.63) is 97.2 Å². The van der Waals surface area contributed by atoms with Gasteiger partial charge in [0, 0.05) is 19.3 Å². The molecule has 0 saturated carbocycles. The van der Waals surface area contributed by atoms with Crippen LogP contribution in [0.15, 0.2) is 97.2 Å². The number of rotatable bonds is 54. The average molecular weight is 1000 g/mol. The molecule has 0 radical (unpaired) electrons. The fourth-order valence-corrected chi connectivity index (χ4v) is 8.26. The lowest BCUT2D eigenvalue weighted by Gasteiger charge is -2.18. The van der Waals surface area contributed by atoms with Gasteiger partial charge in [-0.2, -0.15) is 0 Å². The van der Waals surface area contributed by atoms with Gasteiger partial charge < -0.3 is 14.2 Å². The Morgan fingerprint density at radius 2 is 0.542 bits per heavy atom. The standard InChI is InChI=1S/C66H112O6/c1-4-7-10-13-16-19-22-25-28-30-32-33-35-36-38-41-44-47-50-53-56-59-65(68)71-62-63(61-70-64(67)58-55-52-49-46-43-40-27-24-21-18-15-12-9-6-3)72-66(69)60-57-54-51-48-45-42-39-37-34-31-29-26-23-20-17-14-11-8-5-2/h7,10,16,19,24-29,32-33,36,38,44,47,63H,4-6,8-9,11-15,17-18,20-23,30-31,34-35,37,39-43,45-46,48-62H2,1-3H3/b10-7-,19-16-,27-24-,28-25-,29-26-,33-32-,38-36-,47-44-. The van der Waals surface area contributed by atoms with Crippen LogP contribution in [0.4, 0.5) is 0 Å². The molecule has 0 aliphatic heterocycles. The zero-order valence-corrected chi connectivity index (χ0v) is 47.2. The van der Waals surface area contributed by atoms with Crippen LogP contribution >= 0.6 is 0 Å². The number of carbonyl (C=O) groups excluding carboxylic acids is 3. The van der Waals surface area contributed by atoms with Crippen LogP contribution in [0.3, 0.4) is 0 Å². The van der Waals surface area contributed by atoms with E-state index in [1.807, 2.05) is 0 Å². The minimum Gasteiger partial charge on any atom is -0.462 e. The Kier molecular flexibility index (Phi) is 56.8. The summed E-state index contributed by atoms with van der Waals surface area (Å²) in [5, 5.41) is 0. The number of carbonyl (C=O) groups is 3. The molecule has 72 heavy (non-hydrogen) atoms. The molecule has 0 amide bonds.